The number of hydrogen-bond donors (Lipinski definition) is 1. The van der Waals surface area contributed by atoms with Crippen LogP contribution in [-0.4, -0.2) is 43.0 Å². The van der Waals surface area contributed by atoms with Crippen LogP contribution < -0.4 is 14.8 Å². The van der Waals surface area contributed by atoms with E-state index in [1.807, 2.05) is 0 Å². The highest BCUT2D eigenvalue weighted by molar-refractivity contribution is 8.00. The molecule has 0 saturated carbocycles. The lowest BCUT2D eigenvalue weighted by Crippen LogP contribution is -2.24. The summed E-state index contributed by atoms with van der Waals surface area (Å²) in [5, 5.41) is 10.8. The summed E-state index contributed by atoms with van der Waals surface area (Å²) < 4.78 is 27.2. The Hall–Kier alpha value is -3.99. The number of nitrogens with one attached hydrogen (secondary N) is 1. The van der Waals surface area contributed by atoms with Crippen molar-refractivity contribution < 1.29 is 18.7 Å². The molecule has 0 radical (unpaired) electrons. The molecule has 2 aromatic carbocycles. The summed E-state index contributed by atoms with van der Waals surface area (Å²) in [5.41, 5.74) is 0.252. The Morgan fingerprint density at radius 2 is 1.76 bits per heavy atom. The standard InChI is InChI=1S/C23H21FN6O3S/c1-15(21(31)27-22-25-12-5-13-26-22)34-23-29-28-20(30(23)19-7-4-3-6-18(19)24)14-33-17-10-8-16(32-2)9-11-17/h3-13,15H,14H2,1-2H3,(H,25,26,27,31). The number of nitrogens with zero attached hydrogens (tertiary/aromatic N) is 5. The summed E-state index contributed by atoms with van der Waals surface area (Å²) in [4.78, 5) is 20.6. The summed E-state index contributed by atoms with van der Waals surface area (Å²) in [6.07, 6.45) is 3.06. The number of ether oxygens (including phenoxy) is 2. The second-order valence-electron chi connectivity index (χ2n) is 6.97. The Morgan fingerprint density at radius 3 is 2.47 bits per heavy atom. The first-order chi connectivity index (χ1) is 16.5. The number of aromatic nitrogens is 5. The minimum atomic E-state index is -0.589. The van der Waals surface area contributed by atoms with Gasteiger partial charge in [-0.2, -0.15) is 0 Å². The molecule has 174 valence electrons. The van der Waals surface area contributed by atoms with Gasteiger partial charge in [0.25, 0.3) is 0 Å². The van der Waals surface area contributed by atoms with Crippen molar-refractivity contribution in [3.05, 3.63) is 78.6 Å². The van der Waals surface area contributed by atoms with Crippen LogP contribution in [0.1, 0.15) is 12.7 Å². The van der Waals surface area contributed by atoms with Gasteiger partial charge in [-0.1, -0.05) is 23.9 Å². The molecule has 0 spiro atoms. The number of hydrogen-bond acceptors (Lipinski definition) is 8. The van der Waals surface area contributed by atoms with E-state index in [2.05, 4.69) is 25.5 Å². The fourth-order valence-corrected chi connectivity index (χ4v) is 3.83. The quantitative estimate of drug-likeness (QED) is 0.360. The second-order valence-corrected chi connectivity index (χ2v) is 8.28. The number of thioether (sulfide) groups is 1. The molecular formula is C23H21FN6O3S. The van der Waals surface area contributed by atoms with E-state index in [1.54, 1.807) is 67.1 Å². The third-order valence-corrected chi connectivity index (χ3v) is 5.72. The molecule has 1 unspecified atom stereocenters. The van der Waals surface area contributed by atoms with Crippen molar-refractivity contribution in [3.63, 3.8) is 0 Å². The van der Waals surface area contributed by atoms with Gasteiger partial charge in [-0.05, 0) is 49.4 Å². The molecular weight excluding hydrogens is 459 g/mol. The molecule has 9 nitrogen and oxygen atoms in total. The van der Waals surface area contributed by atoms with Crippen LogP contribution in [0.3, 0.4) is 0 Å². The predicted octanol–water partition coefficient (Wildman–Crippen LogP) is 3.90. The van der Waals surface area contributed by atoms with Gasteiger partial charge in [-0.25, -0.2) is 14.4 Å². The third-order valence-electron chi connectivity index (χ3n) is 4.67. The maximum Gasteiger partial charge on any atom is 0.240 e. The molecule has 4 rings (SSSR count). The average molecular weight is 481 g/mol. The predicted molar refractivity (Wildman–Crippen MR) is 125 cm³/mol. The van der Waals surface area contributed by atoms with Crippen LogP contribution in [0.15, 0.2) is 72.1 Å². The van der Waals surface area contributed by atoms with Crippen molar-refractivity contribution >= 4 is 23.6 Å². The number of halogens is 1. The number of carbonyl (C=O) groups is 1. The van der Waals surface area contributed by atoms with Crippen LogP contribution >= 0.6 is 11.8 Å². The molecule has 0 aliphatic rings. The summed E-state index contributed by atoms with van der Waals surface area (Å²) in [6, 6.07) is 15.0. The smallest absolute Gasteiger partial charge is 0.240 e. The Labute approximate surface area is 199 Å². The van der Waals surface area contributed by atoms with Crippen LogP contribution in [0, 0.1) is 5.82 Å². The first-order valence-electron chi connectivity index (χ1n) is 10.3. The Kier molecular flexibility index (Phi) is 7.33. The van der Waals surface area contributed by atoms with E-state index in [-0.39, 0.29) is 24.1 Å². The monoisotopic (exact) mass is 480 g/mol. The van der Waals surface area contributed by atoms with Gasteiger partial charge >= 0.3 is 0 Å². The molecule has 1 N–H and O–H groups in total. The molecule has 0 bridgehead atoms. The number of carbonyl (C=O) groups excluding carboxylic acids is 1. The van der Waals surface area contributed by atoms with Crippen LogP contribution in [0.25, 0.3) is 5.69 Å². The van der Waals surface area contributed by atoms with E-state index in [1.165, 1.54) is 18.5 Å². The van der Waals surface area contributed by atoms with Gasteiger partial charge in [0.2, 0.25) is 11.9 Å². The van der Waals surface area contributed by atoms with E-state index in [0.717, 1.165) is 11.8 Å². The van der Waals surface area contributed by atoms with Crippen LogP contribution in [0.5, 0.6) is 11.5 Å². The van der Waals surface area contributed by atoms with E-state index in [0.29, 0.717) is 22.5 Å². The van der Waals surface area contributed by atoms with Crippen molar-refractivity contribution in [3.8, 4) is 17.2 Å². The number of benzene rings is 2. The largest absolute Gasteiger partial charge is 0.497 e. The second kappa shape index (κ2) is 10.8. The molecule has 1 amide bonds. The Bertz CT molecular complexity index is 1250. The van der Waals surface area contributed by atoms with Crippen molar-refractivity contribution in [2.45, 2.75) is 23.9 Å². The van der Waals surface area contributed by atoms with E-state index in [4.69, 9.17) is 9.47 Å². The highest BCUT2D eigenvalue weighted by Crippen LogP contribution is 2.28. The fraction of sp³-hybridized carbons (Fsp3) is 0.174. The summed E-state index contributed by atoms with van der Waals surface area (Å²) in [5.74, 6) is 1.09. The molecule has 0 fully saturated rings. The van der Waals surface area contributed by atoms with Crippen molar-refractivity contribution in [2.75, 3.05) is 12.4 Å². The van der Waals surface area contributed by atoms with Gasteiger partial charge in [-0.15, -0.1) is 10.2 Å². The van der Waals surface area contributed by atoms with Crippen molar-refractivity contribution in [1.82, 2.24) is 24.7 Å². The van der Waals surface area contributed by atoms with Crippen molar-refractivity contribution in [1.29, 1.82) is 0 Å². The summed E-state index contributed by atoms with van der Waals surface area (Å²) in [7, 11) is 1.58. The minimum absolute atomic E-state index is 0.0344. The maximum atomic E-state index is 14.7. The van der Waals surface area contributed by atoms with Gasteiger partial charge in [0.15, 0.2) is 11.0 Å². The molecule has 1 atom stereocenters. The van der Waals surface area contributed by atoms with E-state index in [9.17, 15) is 9.18 Å². The Morgan fingerprint density at radius 1 is 1.06 bits per heavy atom. The lowest BCUT2D eigenvalue weighted by Gasteiger charge is -2.14. The lowest BCUT2D eigenvalue weighted by molar-refractivity contribution is -0.115. The number of para-hydroxylation sites is 1. The third kappa shape index (κ3) is 5.49. The van der Waals surface area contributed by atoms with Gasteiger partial charge in [0.1, 0.15) is 23.9 Å². The highest BCUT2D eigenvalue weighted by atomic mass is 32.2. The zero-order valence-electron chi connectivity index (χ0n) is 18.4. The molecule has 0 aliphatic carbocycles. The fourth-order valence-electron chi connectivity index (χ4n) is 2.95. The Balaban J connectivity index is 1.56. The molecule has 2 heterocycles. The van der Waals surface area contributed by atoms with Gasteiger partial charge in [0, 0.05) is 12.4 Å². The van der Waals surface area contributed by atoms with E-state index >= 15 is 0 Å². The van der Waals surface area contributed by atoms with Crippen LogP contribution in [0.4, 0.5) is 10.3 Å². The number of anilines is 1. The normalized spacial score (nSPS) is 11.6. The summed E-state index contributed by atoms with van der Waals surface area (Å²) >= 11 is 1.13. The zero-order valence-corrected chi connectivity index (χ0v) is 19.2. The molecule has 34 heavy (non-hydrogen) atoms. The highest BCUT2D eigenvalue weighted by Gasteiger charge is 2.23. The molecule has 4 aromatic rings. The summed E-state index contributed by atoms with van der Waals surface area (Å²) in [6.45, 7) is 1.74. The molecule has 0 aliphatic heterocycles. The zero-order chi connectivity index (χ0) is 23.9. The van der Waals surface area contributed by atoms with Gasteiger partial charge in [0.05, 0.1) is 18.0 Å². The van der Waals surface area contributed by atoms with Crippen molar-refractivity contribution in [2.24, 2.45) is 0 Å². The molecule has 2 aromatic heterocycles. The first kappa shape index (κ1) is 23.2. The molecule has 0 saturated heterocycles. The van der Waals surface area contributed by atoms with Gasteiger partial charge in [-0.3, -0.25) is 14.7 Å². The van der Waals surface area contributed by atoms with Gasteiger partial charge < -0.3 is 9.47 Å². The minimum Gasteiger partial charge on any atom is -0.497 e. The topological polar surface area (TPSA) is 104 Å². The lowest BCUT2D eigenvalue weighted by atomic mass is 10.3. The molecule has 11 heteroatoms. The number of rotatable bonds is 9. The van der Waals surface area contributed by atoms with Crippen LogP contribution in [0.2, 0.25) is 0 Å². The average Bonchev–Trinajstić information content (AvgIpc) is 3.26. The first-order valence-corrected chi connectivity index (χ1v) is 11.1. The SMILES string of the molecule is COc1ccc(OCc2nnc(SC(C)C(=O)Nc3ncccn3)n2-c2ccccc2F)cc1. The number of methoxy groups -OCH3 is 1. The number of amides is 1. The van der Waals surface area contributed by atoms with Crippen LogP contribution in [-0.2, 0) is 11.4 Å². The maximum absolute atomic E-state index is 14.7. The van der Waals surface area contributed by atoms with E-state index < -0.39 is 11.1 Å².